The number of hydrogen-bond donors (Lipinski definition) is 1. The van der Waals surface area contributed by atoms with E-state index in [1.165, 1.54) is 6.07 Å². The van der Waals surface area contributed by atoms with E-state index in [9.17, 15) is 9.59 Å². The van der Waals surface area contributed by atoms with E-state index in [-0.39, 0.29) is 17.7 Å². The molecule has 100 valence electrons. The Morgan fingerprint density at radius 2 is 1.65 bits per heavy atom. The Bertz CT molecular complexity index is 635. The van der Waals surface area contributed by atoms with Gasteiger partial charge in [-0.3, -0.25) is 9.59 Å². The molecule has 0 saturated carbocycles. The molecule has 2 rings (SSSR count). The van der Waals surface area contributed by atoms with Crippen LogP contribution in [0.3, 0.4) is 0 Å². The summed E-state index contributed by atoms with van der Waals surface area (Å²) in [6.45, 7) is 0. The number of hydrogen-bond acceptors (Lipinski definition) is 4. The average molecular weight is 267 g/mol. The second-order valence-corrected chi connectivity index (χ2v) is 4.14. The van der Waals surface area contributed by atoms with E-state index in [0.717, 1.165) is 5.56 Å². The van der Waals surface area contributed by atoms with E-state index in [1.54, 1.807) is 18.2 Å². The minimum atomic E-state index is -0.492. The maximum absolute atomic E-state index is 11.9. The molecule has 0 aliphatic rings. The molecule has 1 N–H and O–H groups in total. The van der Waals surface area contributed by atoms with Crippen LogP contribution in [0, 0.1) is 5.41 Å². The largest absolute Gasteiger partial charge is 0.425 e. The van der Waals surface area contributed by atoms with E-state index in [4.69, 9.17) is 10.1 Å². The molecule has 2 aromatic rings. The van der Waals surface area contributed by atoms with Crippen molar-refractivity contribution < 1.29 is 14.3 Å². The molecule has 0 unspecified atom stereocenters. The van der Waals surface area contributed by atoms with Gasteiger partial charge in [0.05, 0.1) is 18.2 Å². The molecule has 0 fully saturated rings. The van der Waals surface area contributed by atoms with Crippen molar-refractivity contribution in [2.45, 2.75) is 6.42 Å². The number of Topliss-reactive ketones (excluding diaryl/α,β-unsaturated/α-hetero) is 1. The van der Waals surface area contributed by atoms with Crippen LogP contribution >= 0.6 is 0 Å². The van der Waals surface area contributed by atoms with E-state index in [1.807, 2.05) is 30.3 Å². The van der Waals surface area contributed by atoms with Crippen LogP contribution in [0.5, 0.6) is 5.75 Å². The molecule has 4 heteroatoms. The van der Waals surface area contributed by atoms with Crippen LogP contribution < -0.4 is 4.74 Å². The third-order valence-corrected chi connectivity index (χ3v) is 2.70. The summed E-state index contributed by atoms with van der Waals surface area (Å²) in [6, 6.07) is 15.6. The zero-order valence-corrected chi connectivity index (χ0v) is 10.7. The smallest absolute Gasteiger partial charge is 0.315 e. The zero-order valence-electron chi connectivity index (χ0n) is 10.7. The van der Waals surface area contributed by atoms with Crippen molar-refractivity contribution in [3.8, 4) is 5.75 Å². The van der Waals surface area contributed by atoms with Crippen molar-refractivity contribution in [1.82, 2.24) is 0 Å². The molecule has 4 nitrogen and oxygen atoms in total. The fourth-order valence-electron chi connectivity index (χ4n) is 1.76. The molecule has 0 aliphatic heterocycles. The summed E-state index contributed by atoms with van der Waals surface area (Å²) in [6.07, 6.45) is 0.831. The molecular weight excluding hydrogens is 254 g/mol. The van der Waals surface area contributed by atoms with Crippen molar-refractivity contribution in [3.63, 3.8) is 0 Å². The lowest BCUT2D eigenvalue weighted by atomic mass is 10.1. The van der Waals surface area contributed by atoms with Gasteiger partial charge in [-0.2, -0.15) is 0 Å². The maximum Gasteiger partial charge on any atom is 0.315 e. The first kappa shape index (κ1) is 13.7. The van der Waals surface area contributed by atoms with E-state index in [2.05, 4.69) is 0 Å². The molecule has 0 spiro atoms. The first-order valence-corrected chi connectivity index (χ1v) is 6.09. The molecule has 0 amide bonds. The molecule has 0 saturated heterocycles. The molecule has 0 bridgehead atoms. The minimum absolute atomic E-state index is 0.133. The van der Waals surface area contributed by atoms with Gasteiger partial charge in [0.15, 0.2) is 0 Å². The van der Waals surface area contributed by atoms with Crippen LogP contribution in [0.1, 0.15) is 15.9 Å². The van der Waals surface area contributed by atoms with Crippen molar-refractivity contribution in [3.05, 3.63) is 65.7 Å². The fraction of sp³-hybridized carbons (Fsp3) is 0.0625. The predicted octanol–water partition coefficient (Wildman–Crippen LogP) is 2.67. The summed E-state index contributed by atoms with van der Waals surface area (Å²) in [7, 11) is 0. The van der Waals surface area contributed by atoms with E-state index >= 15 is 0 Å². The fourth-order valence-corrected chi connectivity index (χ4v) is 1.76. The van der Waals surface area contributed by atoms with Crippen LogP contribution in [-0.2, 0) is 11.2 Å². The molecule has 0 atom stereocenters. The monoisotopic (exact) mass is 267 g/mol. The van der Waals surface area contributed by atoms with Crippen molar-refractivity contribution in [1.29, 1.82) is 5.41 Å². The highest BCUT2D eigenvalue weighted by atomic mass is 16.5. The topological polar surface area (TPSA) is 67.2 Å². The van der Waals surface area contributed by atoms with Gasteiger partial charge in [-0.05, 0) is 17.7 Å². The summed E-state index contributed by atoms with van der Waals surface area (Å²) >= 11 is 0. The summed E-state index contributed by atoms with van der Waals surface area (Å²) < 4.78 is 5.21. The third-order valence-electron chi connectivity index (χ3n) is 2.70. The third kappa shape index (κ3) is 3.38. The van der Waals surface area contributed by atoms with Gasteiger partial charge >= 0.3 is 5.97 Å². The number of esters is 1. The molecule has 2 aromatic carbocycles. The number of benzene rings is 2. The molecule has 20 heavy (non-hydrogen) atoms. The summed E-state index contributed by atoms with van der Waals surface area (Å²) in [5, 5.41) is 6.99. The molecule has 0 heterocycles. The second kappa shape index (κ2) is 6.43. The van der Waals surface area contributed by atoms with Gasteiger partial charge in [-0.1, -0.05) is 42.5 Å². The lowest BCUT2D eigenvalue weighted by Crippen LogP contribution is -2.13. The Labute approximate surface area is 116 Å². The highest BCUT2D eigenvalue weighted by Gasteiger charge is 2.13. The highest BCUT2D eigenvalue weighted by Crippen LogP contribution is 2.18. The Balaban J connectivity index is 2.12. The van der Waals surface area contributed by atoms with E-state index < -0.39 is 11.8 Å². The first-order valence-electron chi connectivity index (χ1n) is 6.09. The van der Waals surface area contributed by atoms with Crippen molar-refractivity contribution in [2.75, 3.05) is 0 Å². The number of ketones is 1. The number of carbonyl (C=O) groups excluding carboxylic acids is 2. The Hall–Kier alpha value is -2.75. The quantitative estimate of drug-likeness (QED) is 0.392. The number of para-hydroxylation sites is 1. The molecular formula is C16H13NO3. The van der Waals surface area contributed by atoms with Gasteiger partial charge in [-0.15, -0.1) is 0 Å². The number of rotatable bonds is 5. The van der Waals surface area contributed by atoms with Crippen LogP contribution in [-0.4, -0.2) is 18.0 Å². The summed E-state index contributed by atoms with van der Waals surface area (Å²) in [5.74, 6) is -0.753. The van der Waals surface area contributed by atoms with Gasteiger partial charge < -0.3 is 10.1 Å². The van der Waals surface area contributed by atoms with Gasteiger partial charge in [0.2, 0.25) is 5.78 Å². The molecule has 0 aliphatic carbocycles. The zero-order chi connectivity index (χ0) is 14.4. The number of carbonyl (C=O) groups is 2. The Morgan fingerprint density at radius 1 is 1.00 bits per heavy atom. The van der Waals surface area contributed by atoms with Crippen molar-refractivity contribution in [2.24, 2.45) is 0 Å². The number of ether oxygens (including phenoxy) is 1. The van der Waals surface area contributed by atoms with Gasteiger partial charge in [0.25, 0.3) is 0 Å². The Morgan fingerprint density at radius 3 is 2.35 bits per heavy atom. The normalized spacial score (nSPS) is 9.80. The summed E-state index contributed by atoms with van der Waals surface area (Å²) in [5.41, 5.74) is 1.05. The SMILES string of the molecule is N=CC(=O)c1ccccc1OC(=O)Cc1ccccc1. The first-order chi connectivity index (χ1) is 9.70. The molecule has 0 radical (unpaired) electrons. The van der Waals surface area contributed by atoms with Crippen LogP contribution in [0.2, 0.25) is 0 Å². The standard InChI is InChI=1S/C16H13NO3/c17-11-14(18)13-8-4-5-9-15(13)20-16(19)10-12-6-2-1-3-7-12/h1-9,11,17H,10H2. The van der Waals surface area contributed by atoms with Crippen LogP contribution in [0.15, 0.2) is 54.6 Å². The predicted molar refractivity (Wildman–Crippen MR) is 75.3 cm³/mol. The molecule has 0 aromatic heterocycles. The van der Waals surface area contributed by atoms with Crippen molar-refractivity contribution >= 4 is 18.0 Å². The van der Waals surface area contributed by atoms with Crippen LogP contribution in [0.4, 0.5) is 0 Å². The van der Waals surface area contributed by atoms with E-state index in [0.29, 0.717) is 6.21 Å². The van der Waals surface area contributed by atoms with Crippen LogP contribution in [0.25, 0.3) is 0 Å². The second-order valence-electron chi connectivity index (χ2n) is 4.14. The van der Waals surface area contributed by atoms with Gasteiger partial charge in [-0.25, -0.2) is 0 Å². The lowest BCUT2D eigenvalue weighted by molar-refractivity contribution is -0.133. The van der Waals surface area contributed by atoms with Gasteiger partial charge in [0, 0.05) is 0 Å². The number of nitrogens with one attached hydrogen (secondary N) is 1. The minimum Gasteiger partial charge on any atom is -0.425 e. The summed E-state index contributed by atoms with van der Waals surface area (Å²) in [4.78, 5) is 23.4. The lowest BCUT2D eigenvalue weighted by Gasteiger charge is -2.07. The Kier molecular flexibility index (Phi) is 4.39. The maximum atomic E-state index is 11.9. The van der Waals surface area contributed by atoms with Gasteiger partial charge in [0.1, 0.15) is 5.75 Å². The average Bonchev–Trinajstić information content (AvgIpc) is 2.48. The highest BCUT2D eigenvalue weighted by molar-refractivity contribution is 6.35.